The SMILES string of the molecule is CCCSCCCCCCCCCCCC(=O)Nc1ccccc1OCC(=O)O. The van der Waals surface area contributed by atoms with Gasteiger partial charge in [-0.25, -0.2) is 4.79 Å². The summed E-state index contributed by atoms with van der Waals surface area (Å²) in [4.78, 5) is 22.8. The topological polar surface area (TPSA) is 75.6 Å². The number of benzene rings is 1. The molecule has 29 heavy (non-hydrogen) atoms. The summed E-state index contributed by atoms with van der Waals surface area (Å²) in [6, 6.07) is 6.91. The van der Waals surface area contributed by atoms with Crippen LogP contribution in [0.4, 0.5) is 5.69 Å². The van der Waals surface area contributed by atoms with Gasteiger partial charge < -0.3 is 15.2 Å². The van der Waals surface area contributed by atoms with Crippen LogP contribution in [-0.2, 0) is 9.59 Å². The number of carboxylic acid groups (broad SMARTS) is 1. The number of hydrogen-bond donors (Lipinski definition) is 2. The number of thioether (sulfide) groups is 1. The van der Waals surface area contributed by atoms with Crippen molar-refractivity contribution in [2.24, 2.45) is 0 Å². The molecule has 1 rings (SSSR count). The van der Waals surface area contributed by atoms with Crippen LogP contribution >= 0.6 is 11.8 Å². The highest BCUT2D eigenvalue weighted by Gasteiger charge is 2.08. The molecule has 0 saturated carbocycles. The van der Waals surface area contributed by atoms with Crippen molar-refractivity contribution in [3.63, 3.8) is 0 Å². The predicted octanol–water partition coefficient (Wildman–Crippen LogP) is 6.13. The highest BCUT2D eigenvalue weighted by Crippen LogP contribution is 2.24. The molecule has 0 aliphatic heterocycles. The van der Waals surface area contributed by atoms with Gasteiger partial charge in [-0.2, -0.15) is 11.8 Å². The van der Waals surface area contributed by atoms with Gasteiger partial charge in [0.1, 0.15) is 5.75 Å². The molecule has 0 bridgehead atoms. The molecule has 0 atom stereocenters. The second-order valence-electron chi connectivity index (χ2n) is 7.27. The maximum atomic E-state index is 12.1. The number of unbranched alkanes of at least 4 members (excludes halogenated alkanes) is 8. The molecule has 0 radical (unpaired) electrons. The number of carbonyl (C=O) groups excluding carboxylic acids is 1. The number of anilines is 1. The standard InChI is InChI=1S/C23H37NO4S/c1-2-17-29-18-13-9-7-5-3-4-6-8-10-16-22(25)24-20-14-11-12-15-21(20)28-19-23(26)27/h11-12,14-15H,2-10,13,16-19H2,1H3,(H,24,25)(H,26,27). The van der Waals surface area contributed by atoms with Gasteiger partial charge in [-0.3, -0.25) is 4.79 Å². The smallest absolute Gasteiger partial charge is 0.341 e. The first-order valence-electron chi connectivity index (χ1n) is 10.9. The van der Waals surface area contributed by atoms with Crippen molar-refractivity contribution in [2.75, 3.05) is 23.4 Å². The zero-order valence-electron chi connectivity index (χ0n) is 17.8. The van der Waals surface area contributed by atoms with Crippen molar-refractivity contribution in [2.45, 2.75) is 77.6 Å². The van der Waals surface area contributed by atoms with Gasteiger partial charge in [0.15, 0.2) is 6.61 Å². The van der Waals surface area contributed by atoms with E-state index < -0.39 is 12.6 Å². The molecule has 0 saturated heterocycles. The van der Waals surface area contributed by atoms with E-state index in [1.54, 1.807) is 24.3 Å². The summed E-state index contributed by atoms with van der Waals surface area (Å²) >= 11 is 2.07. The summed E-state index contributed by atoms with van der Waals surface area (Å²) in [5, 5.41) is 11.5. The summed E-state index contributed by atoms with van der Waals surface area (Å²) in [5.74, 6) is 1.89. The minimum Gasteiger partial charge on any atom is -0.480 e. The first kappa shape index (κ1) is 25.3. The lowest BCUT2D eigenvalue weighted by Crippen LogP contribution is -2.14. The Morgan fingerprint density at radius 3 is 2.21 bits per heavy atom. The number of para-hydroxylation sites is 2. The zero-order valence-corrected chi connectivity index (χ0v) is 18.6. The Hall–Kier alpha value is -1.69. The van der Waals surface area contributed by atoms with Crippen LogP contribution in [0.3, 0.4) is 0 Å². The van der Waals surface area contributed by atoms with Crippen molar-refractivity contribution in [1.82, 2.24) is 0 Å². The Kier molecular flexibility index (Phi) is 15.0. The summed E-state index contributed by atoms with van der Waals surface area (Å²) in [5.41, 5.74) is 0.520. The van der Waals surface area contributed by atoms with Gasteiger partial charge in [-0.1, -0.05) is 64.0 Å². The maximum absolute atomic E-state index is 12.1. The molecule has 0 aromatic heterocycles. The summed E-state index contributed by atoms with van der Waals surface area (Å²) < 4.78 is 5.21. The molecule has 0 fully saturated rings. The third-order valence-electron chi connectivity index (χ3n) is 4.55. The molecule has 6 heteroatoms. The fourth-order valence-electron chi connectivity index (χ4n) is 3.02. The monoisotopic (exact) mass is 423 g/mol. The van der Waals surface area contributed by atoms with E-state index in [0.29, 0.717) is 17.9 Å². The number of carboxylic acids is 1. The fraction of sp³-hybridized carbons (Fsp3) is 0.652. The molecule has 1 aromatic carbocycles. The maximum Gasteiger partial charge on any atom is 0.341 e. The molecular weight excluding hydrogens is 386 g/mol. The van der Waals surface area contributed by atoms with Crippen LogP contribution in [0.5, 0.6) is 5.75 Å². The lowest BCUT2D eigenvalue weighted by molar-refractivity contribution is -0.139. The van der Waals surface area contributed by atoms with Crippen molar-refractivity contribution >= 4 is 29.3 Å². The van der Waals surface area contributed by atoms with Gasteiger partial charge >= 0.3 is 5.97 Å². The molecule has 1 amide bonds. The average Bonchev–Trinajstić information content (AvgIpc) is 2.70. The molecule has 0 unspecified atom stereocenters. The molecule has 5 nitrogen and oxygen atoms in total. The second-order valence-corrected chi connectivity index (χ2v) is 8.50. The van der Waals surface area contributed by atoms with Gasteiger partial charge in [0.05, 0.1) is 5.69 Å². The van der Waals surface area contributed by atoms with E-state index in [-0.39, 0.29) is 5.91 Å². The first-order valence-corrected chi connectivity index (χ1v) is 12.1. The molecule has 2 N–H and O–H groups in total. The van der Waals surface area contributed by atoms with Crippen molar-refractivity contribution in [3.05, 3.63) is 24.3 Å². The van der Waals surface area contributed by atoms with Crippen LogP contribution in [0.2, 0.25) is 0 Å². The quantitative estimate of drug-likeness (QED) is 0.278. The Morgan fingerprint density at radius 1 is 0.931 bits per heavy atom. The molecule has 164 valence electrons. The summed E-state index contributed by atoms with van der Waals surface area (Å²) in [6.45, 7) is 1.81. The molecule has 1 aromatic rings. The van der Waals surface area contributed by atoms with Crippen LogP contribution in [0.15, 0.2) is 24.3 Å². The third-order valence-corrected chi connectivity index (χ3v) is 5.83. The number of amides is 1. The number of ether oxygens (including phenoxy) is 1. The Morgan fingerprint density at radius 2 is 1.55 bits per heavy atom. The molecular formula is C23H37NO4S. The Bertz CT molecular complexity index is 580. The predicted molar refractivity (Wildman–Crippen MR) is 122 cm³/mol. The van der Waals surface area contributed by atoms with E-state index in [9.17, 15) is 9.59 Å². The molecule has 0 spiro atoms. The summed E-state index contributed by atoms with van der Waals surface area (Å²) in [6.07, 6.45) is 12.8. The van der Waals surface area contributed by atoms with E-state index in [2.05, 4.69) is 24.0 Å². The van der Waals surface area contributed by atoms with Crippen molar-refractivity contribution in [3.8, 4) is 5.75 Å². The van der Waals surface area contributed by atoms with E-state index in [1.807, 2.05) is 0 Å². The summed E-state index contributed by atoms with van der Waals surface area (Å²) in [7, 11) is 0. The number of aliphatic carboxylic acids is 1. The lowest BCUT2D eigenvalue weighted by atomic mass is 10.1. The third kappa shape index (κ3) is 14.0. The Labute approximate surface area is 180 Å². The second kappa shape index (κ2) is 17.2. The first-order chi connectivity index (χ1) is 14.1. The van der Waals surface area contributed by atoms with Gasteiger partial charge in [0.25, 0.3) is 0 Å². The van der Waals surface area contributed by atoms with Crippen LogP contribution < -0.4 is 10.1 Å². The largest absolute Gasteiger partial charge is 0.480 e. The van der Waals surface area contributed by atoms with Crippen LogP contribution in [0.25, 0.3) is 0 Å². The minimum atomic E-state index is -1.04. The zero-order chi connectivity index (χ0) is 21.2. The fourth-order valence-corrected chi connectivity index (χ4v) is 3.92. The van der Waals surface area contributed by atoms with Gasteiger partial charge in [-0.05, 0) is 42.9 Å². The van der Waals surface area contributed by atoms with Crippen LogP contribution in [0.1, 0.15) is 77.6 Å². The van der Waals surface area contributed by atoms with Gasteiger partial charge in [0.2, 0.25) is 5.91 Å². The Balaban J connectivity index is 2.03. The average molecular weight is 424 g/mol. The lowest BCUT2D eigenvalue weighted by Gasteiger charge is -2.11. The number of carbonyl (C=O) groups is 2. The van der Waals surface area contributed by atoms with Gasteiger partial charge in [-0.15, -0.1) is 0 Å². The van der Waals surface area contributed by atoms with E-state index in [4.69, 9.17) is 9.84 Å². The van der Waals surface area contributed by atoms with Crippen LogP contribution in [-0.4, -0.2) is 35.1 Å². The highest BCUT2D eigenvalue weighted by molar-refractivity contribution is 7.99. The van der Waals surface area contributed by atoms with Crippen molar-refractivity contribution in [1.29, 1.82) is 0 Å². The van der Waals surface area contributed by atoms with Crippen molar-refractivity contribution < 1.29 is 19.4 Å². The highest BCUT2D eigenvalue weighted by atomic mass is 32.2. The number of rotatable bonds is 18. The van der Waals surface area contributed by atoms with E-state index in [1.165, 1.54) is 62.9 Å². The number of nitrogens with one attached hydrogen (secondary N) is 1. The molecule has 0 heterocycles. The van der Waals surface area contributed by atoms with Crippen LogP contribution in [0, 0.1) is 0 Å². The van der Waals surface area contributed by atoms with E-state index >= 15 is 0 Å². The molecule has 0 aliphatic rings. The number of hydrogen-bond acceptors (Lipinski definition) is 4. The molecule has 0 aliphatic carbocycles. The minimum absolute atomic E-state index is 0.0580. The van der Waals surface area contributed by atoms with Gasteiger partial charge in [0, 0.05) is 6.42 Å². The van der Waals surface area contributed by atoms with E-state index in [0.717, 1.165) is 12.8 Å². The normalized spacial score (nSPS) is 10.7.